The monoisotopic (exact) mass is 320 g/mol. The van der Waals surface area contributed by atoms with E-state index in [2.05, 4.69) is 6.92 Å². The summed E-state index contributed by atoms with van der Waals surface area (Å²) in [5.74, 6) is 0.0835. The molecule has 1 aromatic carbocycles. The second-order valence-corrected chi connectivity index (χ2v) is 5.65. The highest BCUT2D eigenvalue weighted by Crippen LogP contribution is 2.30. The number of hydrogen-bond donors (Lipinski definition) is 1. The average Bonchev–Trinajstić information content (AvgIpc) is 2.59. The fourth-order valence-electron chi connectivity index (χ4n) is 2.93. The van der Waals surface area contributed by atoms with Gasteiger partial charge in [0.05, 0.1) is 18.8 Å². The lowest BCUT2D eigenvalue weighted by Gasteiger charge is -2.41. The minimum atomic E-state index is -0.565. The number of carbonyl (C=O) groups excluding carboxylic acids is 2. The molecule has 1 saturated heterocycles. The van der Waals surface area contributed by atoms with Gasteiger partial charge in [0.1, 0.15) is 18.9 Å². The van der Waals surface area contributed by atoms with Crippen molar-refractivity contribution in [2.24, 2.45) is 0 Å². The Morgan fingerprint density at radius 3 is 2.78 bits per heavy atom. The summed E-state index contributed by atoms with van der Waals surface area (Å²) in [6.07, 6.45) is 2.79. The zero-order valence-corrected chi connectivity index (χ0v) is 13.7. The SMILES string of the molecule is CCCCC1CN(c2ccccc2OC)C(=O)CN1C(=O)CO. The normalized spacial score (nSPS) is 18.2. The molecule has 1 fully saturated rings. The summed E-state index contributed by atoms with van der Waals surface area (Å²) in [6, 6.07) is 7.29. The molecule has 1 heterocycles. The Morgan fingerprint density at radius 1 is 1.39 bits per heavy atom. The summed E-state index contributed by atoms with van der Waals surface area (Å²) in [4.78, 5) is 27.6. The van der Waals surface area contributed by atoms with Crippen LogP contribution < -0.4 is 9.64 Å². The molecule has 0 bridgehead atoms. The van der Waals surface area contributed by atoms with Gasteiger partial charge in [-0.05, 0) is 18.6 Å². The second kappa shape index (κ2) is 7.97. The maximum absolute atomic E-state index is 12.5. The first kappa shape index (κ1) is 17.3. The van der Waals surface area contributed by atoms with Crippen molar-refractivity contribution in [2.45, 2.75) is 32.2 Å². The van der Waals surface area contributed by atoms with Crippen molar-refractivity contribution in [3.8, 4) is 5.75 Å². The number of nitrogens with zero attached hydrogens (tertiary/aromatic N) is 2. The summed E-state index contributed by atoms with van der Waals surface area (Å²) in [5, 5.41) is 9.15. The van der Waals surface area contributed by atoms with Crippen molar-refractivity contribution >= 4 is 17.5 Å². The first-order chi connectivity index (χ1) is 11.1. The number of unbranched alkanes of at least 4 members (excludes halogenated alkanes) is 1. The predicted octanol–water partition coefficient (Wildman–Crippen LogP) is 1.42. The molecule has 1 aliphatic heterocycles. The van der Waals surface area contributed by atoms with Gasteiger partial charge >= 0.3 is 0 Å². The molecule has 2 amide bonds. The number of hydrogen-bond acceptors (Lipinski definition) is 4. The number of piperazine rings is 1. The maximum Gasteiger partial charge on any atom is 0.249 e. The van der Waals surface area contributed by atoms with E-state index in [0.29, 0.717) is 12.3 Å². The van der Waals surface area contributed by atoms with Crippen LogP contribution in [0.5, 0.6) is 5.75 Å². The first-order valence-corrected chi connectivity index (χ1v) is 7.96. The van der Waals surface area contributed by atoms with Gasteiger partial charge in [-0.25, -0.2) is 0 Å². The number of amides is 2. The van der Waals surface area contributed by atoms with E-state index in [1.165, 1.54) is 4.90 Å². The Kier molecular flexibility index (Phi) is 5.98. The highest BCUT2D eigenvalue weighted by atomic mass is 16.5. The van der Waals surface area contributed by atoms with E-state index >= 15 is 0 Å². The molecule has 0 spiro atoms. The topological polar surface area (TPSA) is 70.1 Å². The zero-order chi connectivity index (χ0) is 16.8. The summed E-state index contributed by atoms with van der Waals surface area (Å²) in [5.41, 5.74) is 0.720. The van der Waals surface area contributed by atoms with Crippen molar-refractivity contribution in [1.29, 1.82) is 0 Å². The van der Waals surface area contributed by atoms with Crippen molar-refractivity contribution in [2.75, 3.05) is 31.7 Å². The fraction of sp³-hybridized carbons (Fsp3) is 0.529. The summed E-state index contributed by atoms with van der Waals surface area (Å²) in [6.45, 7) is 1.94. The van der Waals surface area contributed by atoms with Crippen LogP contribution in [-0.2, 0) is 9.59 Å². The van der Waals surface area contributed by atoms with Crippen molar-refractivity contribution < 1.29 is 19.4 Å². The number of benzene rings is 1. The van der Waals surface area contributed by atoms with Crippen LogP contribution in [0.15, 0.2) is 24.3 Å². The largest absolute Gasteiger partial charge is 0.495 e. The number of ether oxygens (including phenoxy) is 1. The zero-order valence-electron chi connectivity index (χ0n) is 13.7. The van der Waals surface area contributed by atoms with E-state index in [9.17, 15) is 9.59 Å². The van der Waals surface area contributed by atoms with E-state index < -0.39 is 6.61 Å². The van der Waals surface area contributed by atoms with Gasteiger partial charge in [-0.15, -0.1) is 0 Å². The highest BCUT2D eigenvalue weighted by Gasteiger charge is 2.35. The van der Waals surface area contributed by atoms with Crippen molar-refractivity contribution in [3.05, 3.63) is 24.3 Å². The molecule has 1 aliphatic rings. The van der Waals surface area contributed by atoms with Gasteiger partial charge in [-0.1, -0.05) is 31.9 Å². The molecule has 23 heavy (non-hydrogen) atoms. The molecule has 0 saturated carbocycles. The number of anilines is 1. The number of aliphatic hydroxyl groups excluding tert-OH is 1. The molecule has 0 aliphatic carbocycles. The molecule has 6 nitrogen and oxygen atoms in total. The quantitative estimate of drug-likeness (QED) is 0.860. The number of methoxy groups -OCH3 is 1. The molecule has 1 unspecified atom stereocenters. The van der Waals surface area contributed by atoms with E-state index in [-0.39, 0.29) is 24.4 Å². The molecule has 1 N–H and O–H groups in total. The smallest absolute Gasteiger partial charge is 0.249 e. The van der Waals surface area contributed by atoms with E-state index in [4.69, 9.17) is 9.84 Å². The molecule has 0 radical (unpaired) electrons. The molecule has 1 aromatic rings. The second-order valence-electron chi connectivity index (χ2n) is 5.65. The van der Waals surface area contributed by atoms with Crippen LogP contribution in [0.3, 0.4) is 0 Å². The van der Waals surface area contributed by atoms with Crippen LogP contribution in [0.25, 0.3) is 0 Å². The van der Waals surface area contributed by atoms with Gasteiger partial charge in [-0.3, -0.25) is 9.59 Å². The Balaban J connectivity index is 2.26. The van der Waals surface area contributed by atoms with Gasteiger partial charge < -0.3 is 19.6 Å². The lowest BCUT2D eigenvalue weighted by atomic mass is 10.0. The van der Waals surface area contributed by atoms with Gasteiger partial charge in [-0.2, -0.15) is 0 Å². The summed E-state index contributed by atoms with van der Waals surface area (Å²) in [7, 11) is 1.57. The average molecular weight is 320 g/mol. The number of aliphatic hydroxyl groups is 1. The van der Waals surface area contributed by atoms with Gasteiger partial charge in [0.2, 0.25) is 11.8 Å². The van der Waals surface area contributed by atoms with Crippen LogP contribution in [-0.4, -0.2) is 54.7 Å². The molecule has 1 atom stereocenters. The molecule has 2 rings (SSSR count). The number of carbonyl (C=O) groups is 2. The van der Waals surface area contributed by atoms with E-state index in [1.807, 2.05) is 24.3 Å². The lowest BCUT2D eigenvalue weighted by Crippen LogP contribution is -2.58. The summed E-state index contributed by atoms with van der Waals surface area (Å²) < 4.78 is 5.34. The Bertz CT molecular complexity index is 561. The van der Waals surface area contributed by atoms with Crippen LogP contribution in [0, 0.1) is 0 Å². The van der Waals surface area contributed by atoms with Gasteiger partial charge in [0.15, 0.2) is 0 Å². The predicted molar refractivity (Wildman–Crippen MR) is 87.5 cm³/mol. The standard InChI is InChI=1S/C17H24N2O4/c1-3-4-7-13-10-19(14-8-5-6-9-15(14)23-2)16(21)11-18(13)17(22)12-20/h5-6,8-9,13,20H,3-4,7,10-12H2,1-2H3. The van der Waals surface area contributed by atoms with Gasteiger partial charge in [0, 0.05) is 6.54 Å². The molecule has 0 aromatic heterocycles. The van der Waals surface area contributed by atoms with E-state index in [1.54, 1.807) is 12.0 Å². The van der Waals surface area contributed by atoms with Crippen LogP contribution in [0.1, 0.15) is 26.2 Å². The van der Waals surface area contributed by atoms with E-state index in [0.717, 1.165) is 24.9 Å². The number of rotatable bonds is 6. The Hall–Kier alpha value is -2.08. The molecular weight excluding hydrogens is 296 g/mol. The summed E-state index contributed by atoms with van der Waals surface area (Å²) >= 11 is 0. The third kappa shape index (κ3) is 3.82. The molecule has 6 heteroatoms. The third-order valence-electron chi connectivity index (χ3n) is 4.16. The highest BCUT2D eigenvalue weighted by molar-refractivity contribution is 5.99. The van der Waals surface area contributed by atoms with Crippen LogP contribution in [0.2, 0.25) is 0 Å². The lowest BCUT2D eigenvalue weighted by molar-refractivity contribution is -0.142. The molecular formula is C17H24N2O4. The minimum Gasteiger partial charge on any atom is -0.495 e. The Morgan fingerprint density at radius 2 is 2.13 bits per heavy atom. The third-order valence-corrected chi connectivity index (χ3v) is 4.16. The van der Waals surface area contributed by atoms with Crippen LogP contribution in [0.4, 0.5) is 5.69 Å². The van der Waals surface area contributed by atoms with Crippen molar-refractivity contribution in [1.82, 2.24) is 4.90 Å². The van der Waals surface area contributed by atoms with Gasteiger partial charge in [0.25, 0.3) is 0 Å². The fourth-order valence-corrected chi connectivity index (χ4v) is 2.93. The van der Waals surface area contributed by atoms with Crippen LogP contribution >= 0.6 is 0 Å². The van der Waals surface area contributed by atoms with Crippen molar-refractivity contribution in [3.63, 3.8) is 0 Å². The first-order valence-electron chi connectivity index (χ1n) is 7.96. The maximum atomic E-state index is 12.5. The number of para-hydroxylation sites is 2. The minimum absolute atomic E-state index is 0.00811. The molecule has 126 valence electrons. The Labute approximate surface area is 136 Å².